The molecule has 0 amide bonds. The van der Waals surface area contributed by atoms with E-state index in [-0.39, 0.29) is 6.04 Å². The normalized spacial score (nSPS) is 12.4. The molecule has 0 aliphatic rings. The second kappa shape index (κ2) is 3.93. The Morgan fingerprint density at radius 2 is 2.58 bits per heavy atom. The summed E-state index contributed by atoms with van der Waals surface area (Å²) in [7, 11) is 0. The van der Waals surface area contributed by atoms with Crippen molar-refractivity contribution in [2.45, 2.75) is 25.9 Å². The van der Waals surface area contributed by atoms with Gasteiger partial charge in [0.05, 0.1) is 12.0 Å². The lowest BCUT2D eigenvalue weighted by atomic mass is 10.2. The van der Waals surface area contributed by atoms with Crippen molar-refractivity contribution >= 4 is 0 Å². The first-order valence-corrected chi connectivity index (χ1v) is 3.94. The van der Waals surface area contributed by atoms with Crippen molar-refractivity contribution in [3.05, 3.63) is 18.2 Å². The predicted molar refractivity (Wildman–Crippen MR) is 48.3 cm³/mol. The van der Waals surface area contributed by atoms with Gasteiger partial charge in [0.25, 0.3) is 0 Å². The molecule has 2 N–H and O–H groups in total. The third-order valence-corrected chi connectivity index (χ3v) is 1.71. The highest BCUT2D eigenvalue weighted by molar-refractivity contribution is 5.03. The number of hydrogen-bond donors (Lipinski definition) is 1. The van der Waals surface area contributed by atoms with Gasteiger partial charge in [-0.05, 0) is 6.92 Å². The van der Waals surface area contributed by atoms with E-state index in [1.165, 1.54) is 0 Å². The van der Waals surface area contributed by atoms with Gasteiger partial charge < -0.3 is 10.3 Å². The third kappa shape index (κ3) is 1.86. The molecule has 0 saturated carbocycles. The summed E-state index contributed by atoms with van der Waals surface area (Å²) < 4.78 is 1.99. The topological polar surface area (TPSA) is 43.8 Å². The summed E-state index contributed by atoms with van der Waals surface area (Å²) in [5, 5.41) is 0. The third-order valence-electron chi connectivity index (χ3n) is 1.71. The van der Waals surface area contributed by atoms with Crippen molar-refractivity contribution in [3.8, 4) is 12.3 Å². The number of terminal acetylenes is 1. The second-order valence-electron chi connectivity index (χ2n) is 2.75. The number of aryl methyl sites for hydroxylation is 1. The Bertz CT molecular complexity index is 280. The highest BCUT2D eigenvalue weighted by atomic mass is 15.1. The van der Waals surface area contributed by atoms with Gasteiger partial charge in [-0.3, -0.25) is 0 Å². The monoisotopic (exact) mass is 163 g/mol. The first-order chi connectivity index (χ1) is 5.75. The summed E-state index contributed by atoms with van der Waals surface area (Å²) in [6.45, 7) is 2.73. The zero-order valence-electron chi connectivity index (χ0n) is 7.20. The average molecular weight is 163 g/mol. The fourth-order valence-electron chi connectivity index (χ4n) is 1.08. The molecule has 0 spiro atoms. The van der Waals surface area contributed by atoms with Gasteiger partial charge >= 0.3 is 0 Å². The van der Waals surface area contributed by atoms with Crippen LogP contribution in [0.1, 0.15) is 25.1 Å². The van der Waals surface area contributed by atoms with Gasteiger partial charge in [0.2, 0.25) is 0 Å². The van der Waals surface area contributed by atoms with E-state index in [0.29, 0.717) is 0 Å². The van der Waals surface area contributed by atoms with Crippen LogP contribution in [0.25, 0.3) is 0 Å². The van der Waals surface area contributed by atoms with E-state index in [4.69, 9.17) is 12.2 Å². The molecule has 0 aromatic carbocycles. The molecule has 3 nitrogen and oxygen atoms in total. The van der Waals surface area contributed by atoms with Crippen LogP contribution >= 0.6 is 0 Å². The SMILES string of the molecule is C#CCCn1cncc1C(C)N. The van der Waals surface area contributed by atoms with Crippen molar-refractivity contribution in [1.82, 2.24) is 9.55 Å². The van der Waals surface area contributed by atoms with Gasteiger partial charge in [-0.2, -0.15) is 0 Å². The molecule has 0 fully saturated rings. The molecule has 1 aromatic heterocycles. The molecular weight excluding hydrogens is 150 g/mol. The number of rotatable bonds is 3. The van der Waals surface area contributed by atoms with Gasteiger partial charge in [-0.15, -0.1) is 12.3 Å². The van der Waals surface area contributed by atoms with Gasteiger partial charge in [-0.25, -0.2) is 4.98 Å². The Kier molecular flexibility index (Phi) is 2.89. The predicted octanol–water partition coefficient (Wildman–Crippen LogP) is 0.926. The molecule has 1 unspecified atom stereocenters. The van der Waals surface area contributed by atoms with E-state index in [2.05, 4.69) is 10.9 Å². The molecule has 0 bridgehead atoms. The minimum atomic E-state index is 0.0188. The summed E-state index contributed by atoms with van der Waals surface area (Å²) in [6, 6.07) is 0.0188. The van der Waals surface area contributed by atoms with Crippen LogP contribution in [-0.4, -0.2) is 9.55 Å². The van der Waals surface area contributed by atoms with Crippen LogP contribution in [-0.2, 0) is 6.54 Å². The second-order valence-corrected chi connectivity index (χ2v) is 2.75. The molecule has 1 rings (SSSR count). The number of aromatic nitrogens is 2. The van der Waals surface area contributed by atoms with Crippen LogP contribution in [0, 0.1) is 12.3 Å². The lowest BCUT2D eigenvalue weighted by molar-refractivity contribution is 0.636. The van der Waals surface area contributed by atoms with Gasteiger partial charge in [0, 0.05) is 25.2 Å². The van der Waals surface area contributed by atoms with Crippen molar-refractivity contribution in [3.63, 3.8) is 0 Å². The fourth-order valence-corrected chi connectivity index (χ4v) is 1.08. The summed E-state index contributed by atoms with van der Waals surface area (Å²) in [5.41, 5.74) is 6.75. The highest BCUT2D eigenvalue weighted by Gasteiger charge is 2.04. The number of imidazole rings is 1. The Balaban J connectivity index is 2.72. The summed E-state index contributed by atoms with van der Waals surface area (Å²) in [4.78, 5) is 4.01. The molecular formula is C9H13N3. The highest BCUT2D eigenvalue weighted by Crippen LogP contribution is 2.08. The Morgan fingerprint density at radius 3 is 3.17 bits per heavy atom. The smallest absolute Gasteiger partial charge is 0.0948 e. The minimum absolute atomic E-state index is 0.0188. The summed E-state index contributed by atoms with van der Waals surface area (Å²) >= 11 is 0. The number of nitrogens with zero attached hydrogens (tertiary/aromatic N) is 2. The van der Waals surface area contributed by atoms with Crippen LogP contribution < -0.4 is 5.73 Å². The van der Waals surface area contributed by atoms with Crippen LogP contribution in [0.2, 0.25) is 0 Å². The first-order valence-electron chi connectivity index (χ1n) is 3.94. The summed E-state index contributed by atoms with van der Waals surface area (Å²) in [6.07, 6.45) is 9.41. The lowest BCUT2D eigenvalue weighted by Crippen LogP contribution is -2.11. The van der Waals surface area contributed by atoms with Crippen LogP contribution in [0.15, 0.2) is 12.5 Å². The maximum atomic E-state index is 5.72. The van der Waals surface area contributed by atoms with E-state index >= 15 is 0 Å². The van der Waals surface area contributed by atoms with Crippen LogP contribution in [0.3, 0.4) is 0 Å². The first kappa shape index (κ1) is 8.82. The molecule has 3 heteroatoms. The standard InChI is InChI=1S/C9H13N3/c1-3-4-5-12-7-11-6-9(12)8(2)10/h1,6-8H,4-5,10H2,2H3. The molecule has 1 aromatic rings. The Hall–Kier alpha value is -1.27. The van der Waals surface area contributed by atoms with Gasteiger partial charge in [0.15, 0.2) is 0 Å². The maximum absolute atomic E-state index is 5.72. The molecule has 0 saturated heterocycles. The Morgan fingerprint density at radius 1 is 1.83 bits per heavy atom. The maximum Gasteiger partial charge on any atom is 0.0948 e. The number of hydrogen-bond acceptors (Lipinski definition) is 2. The van der Waals surface area contributed by atoms with Crippen molar-refractivity contribution in [1.29, 1.82) is 0 Å². The van der Waals surface area contributed by atoms with Gasteiger partial charge in [-0.1, -0.05) is 0 Å². The van der Waals surface area contributed by atoms with Crippen molar-refractivity contribution < 1.29 is 0 Å². The zero-order valence-corrected chi connectivity index (χ0v) is 7.20. The van der Waals surface area contributed by atoms with Crippen LogP contribution in [0.5, 0.6) is 0 Å². The Labute approximate surface area is 72.6 Å². The molecule has 0 aliphatic heterocycles. The number of nitrogens with two attached hydrogens (primary N) is 1. The average Bonchev–Trinajstić information content (AvgIpc) is 2.48. The largest absolute Gasteiger partial charge is 0.332 e. The summed E-state index contributed by atoms with van der Waals surface area (Å²) in [5.74, 6) is 2.58. The van der Waals surface area contributed by atoms with E-state index < -0.39 is 0 Å². The fraction of sp³-hybridized carbons (Fsp3) is 0.444. The van der Waals surface area contributed by atoms with E-state index in [9.17, 15) is 0 Å². The molecule has 1 atom stereocenters. The van der Waals surface area contributed by atoms with E-state index in [0.717, 1.165) is 18.7 Å². The van der Waals surface area contributed by atoms with Crippen LogP contribution in [0.4, 0.5) is 0 Å². The van der Waals surface area contributed by atoms with E-state index in [1.54, 1.807) is 12.5 Å². The zero-order chi connectivity index (χ0) is 8.97. The van der Waals surface area contributed by atoms with E-state index in [1.807, 2.05) is 11.5 Å². The van der Waals surface area contributed by atoms with Crippen molar-refractivity contribution in [2.75, 3.05) is 0 Å². The molecule has 64 valence electrons. The quantitative estimate of drug-likeness (QED) is 0.673. The lowest BCUT2D eigenvalue weighted by Gasteiger charge is -2.08. The molecule has 1 heterocycles. The van der Waals surface area contributed by atoms with Crippen molar-refractivity contribution in [2.24, 2.45) is 5.73 Å². The molecule has 12 heavy (non-hydrogen) atoms. The minimum Gasteiger partial charge on any atom is -0.332 e. The van der Waals surface area contributed by atoms with Gasteiger partial charge in [0.1, 0.15) is 0 Å². The molecule has 0 radical (unpaired) electrons. The molecule has 0 aliphatic carbocycles.